The van der Waals surface area contributed by atoms with E-state index in [1.54, 1.807) is 0 Å². The lowest BCUT2D eigenvalue weighted by molar-refractivity contribution is 1.41. The van der Waals surface area contributed by atoms with Crippen LogP contribution in [0.3, 0.4) is 0 Å². The first-order valence-corrected chi connectivity index (χ1v) is 9.74. The van der Waals surface area contributed by atoms with Gasteiger partial charge in [0.2, 0.25) is 0 Å². The molecule has 1 aromatic heterocycles. The number of aromatic amines is 1. The lowest BCUT2D eigenvalue weighted by Gasteiger charge is -2.04. The summed E-state index contributed by atoms with van der Waals surface area (Å²) in [7, 11) is 0. The average molecular weight is 409 g/mol. The summed E-state index contributed by atoms with van der Waals surface area (Å²) in [5.74, 6) is 0. The first kappa shape index (κ1) is 20.1. The number of halogens is 2. The molecule has 4 aromatic rings. The number of aryl methyl sites for hydroxylation is 1. The van der Waals surface area contributed by atoms with Gasteiger partial charge in [-0.25, -0.2) is 0 Å². The fraction of sp³-hybridized carbons (Fsp3) is 0.0833. The number of rotatable bonds is 2. The molecule has 142 valence electrons. The van der Waals surface area contributed by atoms with E-state index in [1.165, 1.54) is 27.7 Å². The summed E-state index contributed by atoms with van der Waals surface area (Å²) in [6, 6.07) is 26.3. The van der Waals surface area contributed by atoms with Crippen molar-refractivity contribution in [2.45, 2.75) is 13.8 Å². The number of nitrogens with two attached hydrogens (primary N) is 1. The number of H-pyrrole nitrogens is 1. The molecule has 3 aromatic carbocycles. The van der Waals surface area contributed by atoms with Crippen LogP contribution in [0, 0.1) is 6.92 Å². The molecule has 0 aliphatic heterocycles. The summed E-state index contributed by atoms with van der Waals surface area (Å²) in [6.45, 7) is 4.00. The number of fused-ring (bicyclic) bond motifs is 1. The Kier molecular flexibility index (Phi) is 6.45. The Morgan fingerprint density at radius 3 is 2.07 bits per heavy atom. The molecule has 3 N–H and O–H groups in total. The van der Waals surface area contributed by atoms with Gasteiger partial charge in [-0.05, 0) is 42.7 Å². The van der Waals surface area contributed by atoms with Gasteiger partial charge in [-0.3, -0.25) is 0 Å². The second kappa shape index (κ2) is 9.01. The molecule has 2 nitrogen and oxygen atoms in total. The Balaban J connectivity index is 0.000000169. The first-order chi connectivity index (χ1) is 13.5. The van der Waals surface area contributed by atoms with Crippen molar-refractivity contribution in [1.29, 1.82) is 0 Å². The topological polar surface area (TPSA) is 41.8 Å². The summed E-state index contributed by atoms with van der Waals surface area (Å²) < 4.78 is 0.257. The van der Waals surface area contributed by atoms with E-state index in [1.807, 2.05) is 37.3 Å². The number of para-hydroxylation sites is 2. The largest absolute Gasteiger partial charge is 0.398 e. The van der Waals surface area contributed by atoms with Crippen LogP contribution in [-0.4, -0.2) is 4.98 Å². The van der Waals surface area contributed by atoms with Crippen molar-refractivity contribution >= 4 is 45.4 Å². The Bertz CT molecular complexity index is 1110. The Morgan fingerprint density at radius 1 is 0.821 bits per heavy atom. The monoisotopic (exact) mass is 408 g/mol. The zero-order valence-electron chi connectivity index (χ0n) is 15.8. The van der Waals surface area contributed by atoms with Gasteiger partial charge >= 0.3 is 0 Å². The highest BCUT2D eigenvalue weighted by atomic mass is 35.5. The van der Waals surface area contributed by atoms with Crippen molar-refractivity contribution < 1.29 is 0 Å². The molecule has 0 atom stereocenters. The van der Waals surface area contributed by atoms with Gasteiger partial charge in [0, 0.05) is 27.8 Å². The molecule has 28 heavy (non-hydrogen) atoms. The Morgan fingerprint density at radius 2 is 1.43 bits per heavy atom. The highest BCUT2D eigenvalue weighted by Gasteiger charge is 2.07. The molecule has 0 fully saturated rings. The summed E-state index contributed by atoms with van der Waals surface area (Å²) in [6.07, 6.45) is 0. The van der Waals surface area contributed by atoms with Gasteiger partial charge < -0.3 is 10.7 Å². The molecule has 0 aliphatic carbocycles. The number of hydrogen-bond donors (Lipinski definition) is 2. The van der Waals surface area contributed by atoms with Crippen LogP contribution < -0.4 is 5.73 Å². The smallest absolute Gasteiger partial charge is 0.110 e. The van der Waals surface area contributed by atoms with Gasteiger partial charge in [0.25, 0.3) is 0 Å². The van der Waals surface area contributed by atoms with Gasteiger partial charge in [-0.15, -0.1) is 0 Å². The van der Waals surface area contributed by atoms with Gasteiger partial charge in [-0.1, -0.05) is 89.9 Å². The van der Waals surface area contributed by atoms with Crippen molar-refractivity contribution in [2.24, 2.45) is 0 Å². The van der Waals surface area contributed by atoms with E-state index in [2.05, 4.69) is 60.4 Å². The number of benzene rings is 3. The zero-order chi connectivity index (χ0) is 20.1. The molecule has 4 heteroatoms. The highest BCUT2D eigenvalue weighted by Crippen LogP contribution is 2.29. The van der Waals surface area contributed by atoms with Crippen LogP contribution in [0.2, 0.25) is 0 Å². The van der Waals surface area contributed by atoms with Crippen molar-refractivity contribution in [2.75, 3.05) is 5.73 Å². The number of hydrogen-bond acceptors (Lipinski definition) is 1. The predicted octanol–water partition coefficient (Wildman–Crippen LogP) is 7.58. The molecule has 4 rings (SSSR count). The minimum atomic E-state index is 0.257. The standard InChI is InChI=1S/C15H13N.C9H9Cl2N/c1-11-13-9-5-6-10-14(13)16-15(11)12-7-3-2-4-8-12;1-6(9(10)11)7-4-2-3-5-8(7)12/h2-10,16H,1H3;2-5H,12H2,1H3. The minimum Gasteiger partial charge on any atom is -0.398 e. The quantitative estimate of drug-likeness (QED) is 0.329. The summed E-state index contributed by atoms with van der Waals surface area (Å²) in [5.41, 5.74) is 13.1. The van der Waals surface area contributed by atoms with E-state index in [9.17, 15) is 0 Å². The van der Waals surface area contributed by atoms with Gasteiger partial charge in [0.15, 0.2) is 0 Å². The number of nitrogens with one attached hydrogen (secondary N) is 1. The lowest BCUT2D eigenvalue weighted by Crippen LogP contribution is -1.91. The number of aromatic nitrogens is 1. The molecule has 0 saturated heterocycles. The SMILES string of the molecule is CC(=C(Cl)Cl)c1ccccc1N.Cc1c(-c2ccccc2)[nH]c2ccccc12. The fourth-order valence-electron chi connectivity index (χ4n) is 3.12. The second-order valence-corrected chi connectivity index (χ2v) is 7.46. The summed E-state index contributed by atoms with van der Waals surface area (Å²) in [4.78, 5) is 3.48. The molecular formula is C24H22Cl2N2. The van der Waals surface area contributed by atoms with Crippen molar-refractivity contribution in [3.05, 3.63) is 94.5 Å². The van der Waals surface area contributed by atoms with Gasteiger partial charge in [-0.2, -0.15) is 0 Å². The zero-order valence-corrected chi connectivity index (χ0v) is 17.4. The molecule has 0 amide bonds. The number of nitrogen functional groups attached to an aromatic ring is 1. The van der Waals surface area contributed by atoms with E-state index < -0.39 is 0 Å². The third kappa shape index (κ3) is 4.41. The average Bonchev–Trinajstić information content (AvgIpc) is 3.06. The molecule has 0 saturated carbocycles. The molecule has 0 radical (unpaired) electrons. The third-order valence-corrected chi connectivity index (χ3v) is 5.24. The maximum Gasteiger partial charge on any atom is 0.110 e. The number of anilines is 1. The van der Waals surface area contributed by atoms with E-state index in [-0.39, 0.29) is 4.49 Å². The van der Waals surface area contributed by atoms with Crippen molar-refractivity contribution in [3.8, 4) is 11.3 Å². The normalized spacial score (nSPS) is 10.3. The summed E-state index contributed by atoms with van der Waals surface area (Å²) in [5, 5.41) is 1.31. The molecular weight excluding hydrogens is 387 g/mol. The van der Waals surface area contributed by atoms with Crippen LogP contribution >= 0.6 is 23.2 Å². The van der Waals surface area contributed by atoms with E-state index in [0.29, 0.717) is 5.69 Å². The van der Waals surface area contributed by atoms with Crippen LogP contribution in [0.15, 0.2) is 83.4 Å². The molecule has 0 spiro atoms. The van der Waals surface area contributed by atoms with Gasteiger partial charge in [0.05, 0.1) is 0 Å². The highest BCUT2D eigenvalue weighted by molar-refractivity contribution is 6.58. The third-order valence-electron chi connectivity index (χ3n) is 4.68. The summed E-state index contributed by atoms with van der Waals surface area (Å²) >= 11 is 11.2. The fourth-order valence-corrected chi connectivity index (χ4v) is 3.32. The van der Waals surface area contributed by atoms with E-state index in [0.717, 1.165) is 11.1 Å². The van der Waals surface area contributed by atoms with E-state index in [4.69, 9.17) is 28.9 Å². The van der Waals surface area contributed by atoms with Crippen molar-refractivity contribution in [3.63, 3.8) is 0 Å². The first-order valence-electron chi connectivity index (χ1n) is 8.98. The van der Waals surface area contributed by atoms with Crippen LogP contribution in [0.5, 0.6) is 0 Å². The van der Waals surface area contributed by atoms with Crippen LogP contribution in [0.25, 0.3) is 27.7 Å². The second-order valence-electron chi connectivity index (χ2n) is 6.51. The van der Waals surface area contributed by atoms with Crippen LogP contribution in [0.1, 0.15) is 18.1 Å². The van der Waals surface area contributed by atoms with Crippen LogP contribution in [-0.2, 0) is 0 Å². The molecule has 0 bridgehead atoms. The predicted molar refractivity (Wildman–Crippen MR) is 124 cm³/mol. The maximum absolute atomic E-state index is 5.71. The Labute approximate surface area is 175 Å². The number of allylic oxidation sites excluding steroid dienone is 1. The van der Waals surface area contributed by atoms with Crippen molar-refractivity contribution in [1.82, 2.24) is 4.98 Å². The maximum atomic E-state index is 5.71. The lowest BCUT2D eigenvalue weighted by atomic mass is 10.1. The molecule has 0 unspecified atom stereocenters. The van der Waals surface area contributed by atoms with Gasteiger partial charge in [0.1, 0.15) is 4.49 Å². The Hall–Kier alpha value is -2.68. The molecule has 0 aliphatic rings. The van der Waals surface area contributed by atoms with E-state index >= 15 is 0 Å². The van der Waals surface area contributed by atoms with Crippen LogP contribution in [0.4, 0.5) is 5.69 Å². The minimum absolute atomic E-state index is 0.257. The molecule has 1 heterocycles.